The maximum absolute atomic E-state index is 6.00. The topological polar surface area (TPSA) is 63.5 Å². The first kappa shape index (κ1) is 24.3. The molecule has 0 amide bonds. The number of para-hydroxylation sites is 1. The first-order valence-corrected chi connectivity index (χ1v) is 9.82. The summed E-state index contributed by atoms with van der Waals surface area (Å²) in [7, 11) is 0. The number of unbranched alkanes of at least 4 members (excludes halogenated alkanes) is 1. The van der Waals surface area contributed by atoms with Crippen molar-refractivity contribution in [2.75, 3.05) is 19.6 Å². The summed E-state index contributed by atoms with van der Waals surface area (Å²) in [4.78, 5) is 8.91. The minimum absolute atomic E-state index is 0. The van der Waals surface area contributed by atoms with Crippen molar-refractivity contribution >= 4 is 29.9 Å². The van der Waals surface area contributed by atoms with Crippen LogP contribution in [-0.2, 0) is 6.54 Å². The van der Waals surface area contributed by atoms with Gasteiger partial charge in [-0.25, -0.2) is 9.98 Å². The number of hydrogen-bond donors (Lipinski definition) is 2. The zero-order valence-electron chi connectivity index (χ0n) is 17.4. The van der Waals surface area contributed by atoms with Crippen LogP contribution >= 0.6 is 24.0 Å². The molecule has 0 aliphatic carbocycles. The fourth-order valence-corrected chi connectivity index (χ4v) is 2.76. The van der Waals surface area contributed by atoms with E-state index >= 15 is 0 Å². The molecule has 0 aliphatic rings. The van der Waals surface area contributed by atoms with E-state index in [4.69, 9.17) is 4.74 Å². The molecule has 1 atom stereocenters. The van der Waals surface area contributed by atoms with Crippen LogP contribution in [0.4, 0.5) is 0 Å². The van der Waals surface area contributed by atoms with Gasteiger partial charge in [-0.05, 0) is 52.2 Å². The Balaban J connectivity index is 0.00000392. The van der Waals surface area contributed by atoms with Gasteiger partial charge in [0.25, 0.3) is 0 Å². The van der Waals surface area contributed by atoms with Crippen molar-refractivity contribution in [1.82, 2.24) is 20.2 Å². The minimum atomic E-state index is 0. The predicted octanol–water partition coefficient (Wildman–Crippen LogP) is 3.92. The number of nitrogens with one attached hydrogen (secondary N) is 2. The Morgan fingerprint density at radius 3 is 2.68 bits per heavy atom. The number of imidazole rings is 1. The first-order chi connectivity index (χ1) is 13.1. The SMILES string of the molecule is CCNC(=NCC(C)Oc1ccccc1C)NCCCCn1ccnc1C.I. The number of benzene rings is 1. The largest absolute Gasteiger partial charge is 0.489 e. The molecular weight excluding hydrogens is 465 g/mol. The van der Waals surface area contributed by atoms with Crippen LogP contribution in [0.3, 0.4) is 0 Å². The third-order valence-corrected chi connectivity index (χ3v) is 4.31. The molecule has 1 aromatic heterocycles. The lowest BCUT2D eigenvalue weighted by molar-refractivity contribution is 0.228. The molecule has 0 saturated carbocycles. The van der Waals surface area contributed by atoms with Crippen molar-refractivity contribution in [3.63, 3.8) is 0 Å². The second-order valence-electron chi connectivity index (χ2n) is 6.72. The van der Waals surface area contributed by atoms with E-state index in [0.29, 0.717) is 6.54 Å². The number of aryl methyl sites for hydroxylation is 3. The Bertz CT molecular complexity index is 716. The molecule has 1 unspecified atom stereocenters. The third kappa shape index (κ3) is 8.50. The molecule has 0 saturated heterocycles. The van der Waals surface area contributed by atoms with Crippen LogP contribution in [0.15, 0.2) is 41.7 Å². The number of hydrogen-bond acceptors (Lipinski definition) is 3. The quantitative estimate of drug-likeness (QED) is 0.225. The summed E-state index contributed by atoms with van der Waals surface area (Å²) >= 11 is 0. The van der Waals surface area contributed by atoms with Crippen LogP contribution in [0, 0.1) is 13.8 Å². The molecule has 2 rings (SSSR count). The lowest BCUT2D eigenvalue weighted by Crippen LogP contribution is -2.38. The zero-order chi connectivity index (χ0) is 19.5. The Labute approximate surface area is 186 Å². The molecule has 2 aromatic rings. The maximum Gasteiger partial charge on any atom is 0.191 e. The Morgan fingerprint density at radius 2 is 2.00 bits per heavy atom. The van der Waals surface area contributed by atoms with E-state index in [-0.39, 0.29) is 30.1 Å². The van der Waals surface area contributed by atoms with Gasteiger partial charge in [0.2, 0.25) is 0 Å². The fraction of sp³-hybridized carbons (Fsp3) is 0.524. The summed E-state index contributed by atoms with van der Waals surface area (Å²) < 4.78 is 8.18. The van der Waals surface area contributed by atoms with Gasteiger partial charge in [-0.1, -0.05) is 18.2 Å². The third-order valence-electron chi connectivity index (χ3n) is 4.31. The highest BCUT2D eigenvalue weighted by molar-refractivity contribution is 14.0. The van der Waals surface area contributed by atoms with Crippen LogP contribution < -0.4 is 15.4 Å². The van der Waals surface area contributed by atoms with Gasteiger partial charge in [-0.2, -0.15) is 0 Å². The molecular formula is C21H34IN5O. The van der Waals surface area contributed by atoms with Crippen LogP contribution in [0.5, 0.6) is 5.75 Å². The average Bonchev–Trinajstić information content (AvgIpc) is 3.06. The van der Waals surface area contributed by atoms with Gasteiger partial charge < -0.3 is 19.9 Å². The number of aliphatic imine (C=N–C) groups is 1. The van der Waals surface area contributed by atoms with E-state index < -0.39 is 0 Å². The molecule has 0 fully saturated rings. The lowest BCUT2D eigenvalue weighted by atomic mass is 10.2. The van der Waals surface area contributed by atoms with E-state index in [1.165, 1.54) is 0 Å². The molecule has 0 aliphatic heterocycles. The fourth-order valence-electron chi connectivity index (χ4n) is 2.76. The predicted molar refractivity (Wildman–Crippen MR) is 127 cm³/mol. The van der Waals surface area contributed by atoms with Crippen LogP contribution in [0.1, 0.15) is 38.1 Å². The monoisotopic (exact) mass is 499 g/mol. The van der Waals surface area contributed by atoms with Gasteiger partial charge in [0.05, 0.1) is 6.54 Å². The smallest absolute Gasteiger partial charge is 0.191 e. The number of halogens is 1. The van der Waals surface area contributed by atoms with Crippen molar-refractivity contribution < 1.29 is 4.74 Å². The van der Waals surface area contributed by atoms with E-state index in [0.717, 1.165) is 55.6 Å². The van der Waals surface area contributed by atoms with Gasteiger partial charge in [-0.3, -0.25) is 0 Å². The molecule has 0 spiro atoms. The summed E-state index contributed by atoms with van der Waals surface area (Å²) in [6, 6.07) is 8.07. The van der Waals surface area contributed by atoms with Gasteiger partial charge in [0.15, 0.2) is 5.96 Å². The number of rotatable bonds is 10. The van der Waals surface area contributed by atoms with E-state index in [9.17, 15) is 0 Å². The summed E-state index contributed by atoms with van der Waals surface area (Å²) in [6.45, 7) is 11.6. The molecule has 1 aromatic carbocycles. The van der Waals surface area contributed by atoms with Crippen molar-refractivity contribution in [2.24, 2.45) is 4.99 Å². The summed E-state index contributed by atoms with van der Waals surface area (Å²) in [5.74, 6) is 2.84. The molecule has 1 heterocycles. The average molecular weight is 499 g/mol. The van der Waals surface area contributed by atoms with Crippen molar-refractivity contribution in [2.45, 2.75) is 53.2 Å². The second-order valence-corrected chi connectivity index (χ2v) is 6.72. The molecule has 2 N–H and O–H groups in total. The van der Waals surface area contributed by atoms with Gasteiger partial charge in [0, 0.05) is 32.0 Å². The maximum atomic E-state index is 6.00. The van der Waals surface area contributed by atoms with Crippen LogP contribution in [0.25, 0.3) is 0 Å². The van der Waals surface area contributed by atoms with E-state index in [1.807, 2.05) is 44.4 Å². The second kappa shape index (κ2) is 13.4. The number of nitrogens with zero attached hydrogens (tertiary/aromatic N) is 3. The number of guanidine groups is 1. The first-order valence-electron chi connectivity index (χ1n) is 9.82. The Kier molecular flexibility index (Phi) is 11.6. The molecule has 0 radical (unpaired) electrons. The summed E-state index contributed by atoms with van der Waals surface area (Å²) in [5.41, 5.74) is 1.14. The van der Waals surface area contributed by atoms with Crippen molar-refractivity contribution in [3.8, 4) is 5.75 Å². The minimum Gasteiger partial charge on any atom is -0.489 e. The van der Waals surface area contributed by atoms with E-state index in [1.54, 1.807) is 0 Å². The Hall–Kier alpha value is -1.77. The van der Waals surface area contributed by atoms with Crippen molar-refractivity contribution in [1.29, 1.82) is 0 Å². The lowest BCUT2D eigenvalue weighted by Gasteiger charge is -2.16. The highest BCUT2D eigenvalue weighted by atomic mass is 127. The summed E-state index contributed by atoms with van der Waals surface area (Å²) in [6.07, 6.45) is 6.09. The number of ether oxygens (including phenoxy) is 1. The van der Waals surface area contributed by atoms with Gasteiger partial charge >= 0.3 is 0 Å². The highest BCUT2D eigenvalue weighted by Crippen LogP contribution is 2.17. The standard InChI is InChI=1S/C21H33N5O.HI/c1-5-22-21(24-12-8-9-14-26-15-13-23-19(26)4)25-16-18(3)27-20-11-7-6-10-17(20)2;/h6-7,10-11,13,15,18H,5,8-9,12,14,16H2,1-4H3,(H2,22,24,25);1H. The van der Waals surface area contributed by atoms with Gasteiger partial charge in [0.1, 0.15) is 17.7 Å². The molecule has 156 valence electrons. The molecule has 6 nitrogen and oxygen atoms in total. The summed E-state index contributed by atoms with van der Waals surface area (Å²) in [5, 5.41) is 6.70. The molecule has 7 heteroatoms. The van der Waals surface area contributed by atoms with Crippen LogP contribution in [-0.4, -0.2) is 41.2 Å². The van der Waals surface area contributed by atoms with Crippen LogP contribution in [0.2, 0.25) is 0 Å². The molecule has 0 bridgehead atoms. The molecule has 28 heavy (non-hydrogen) atoms. The van der Waals surface area contributed by atoms with Gasteiger partial charge in [-0.15, -0.1) is 24.0 Å². The normalized spacial score (nSPS) is 12.2. The number of aromatic nitrogens is 2. The van der Waals surface area contributed by atoms with Crippen molar-refractivity contribution in [3.05, 3.63) is 48.0 Å². The zero-order valence-corrected chi connectivity index (χ0v) is 19.8. The Morgan fingerprint density at radius 1 is 1.21 bits per heavy atom. The van der Waals surface area contributed by atoms with E-state index in [2.05, 4.69) is 45.1 Å². The highest BCUT2D eigenvalue weighted by Gasteiger charge is 2.06.